The van der Waals surface area contributed by atoms with Gasteiger partial charge in [-0.05, 0) is 42.0 Å². The highest BCUT2D eigenvalue weighted by molar-refractivity contribution is 7.15. The van der Waals surface area contributed by atoms with Gasteiger partial charge in [0, 0.05) is 25.3 Å². The highest BCUT2D eigenvalue weighted by Crippen LogP contribution is 2.31. The second kappa shape index (κ2) is 7.56. The zero-order valence-electron chi connectivity index (χ0n) is 16.5. The number of rotatable bonds is 5. The van der Waals surface area contributed by atoms with Crippen molar-refractivity contribution in [1.82, 2.24) is 14.6 Å². The molecule has 0 spiro atoms. The van der Waals surface area contributed by atoms with Gasteiger partial charge in [0.1, 0.15) is 0 Å². The van der Waals surface area contributed by atoms with Crippen LogP contribution in [0.15, 0.2) is 47.3 Å². The second-order valence-electron chi connectivity index (χ2n) is 6.61. The number of hydrogen-bond acceptors (Lipinski definition) is 7. The van der Waals surface area contributed by atoms with Crippen molar-refractivity contribution < 1.29 is 9.47 Å². The maximum atomic E-state index is 13.0. The highest BCUT2D eigenvalue weighted by Gasteiger charge is 2.16. The third kappa shape index (κ3) is 3.42. The van der Waals surface area contributed by atoms with E-state index in [0.29, 0.717) is 26.8 Å². The molecule has 4 aromatic rings. The fourth-order valence-electron chi connectivity index (χ4n) is 3.04. The SMILES string of the molecule is COc1ccc(-c2nnc3s/c(=C/c4ccc(N(C)C)cc4)c(=O)n23)cc1OC. The van der Waals surface area contributed by atoms with Gasteiger partial charge in [-0.3, -0.25) is 4.79 Å². The number of methoxy groups -OCH3 is 2. The molecule has 0 bridgehead atoms. The Morgan fingerprint density at radius 3 is 2.38 bits per heavy atom. The first kappa shape index (κ1) is 18.9. The molecule has 0 fully saturated rings. The van der Waals surface area contributed by atoms with Gasteiger partial charge in [0.05, 0.1) is 18.8 Å². The van der Waals surface area contributed by atoms with Crippen LogP contribution in [0.3, 0.4) is 0 Å². The summed E-state index contributed by atoms with van der Waals surface area (Å²) >= 11 is 1.32. The Balaban J connectivity index is 1.80. The van der Waals surface area contributed by atoms with E-state index in [1.54, 1.807) is 26.4 Å². The van der Waals surface area contributed by atoms with Crippen LogP contribution in [0.2, 0.25) is 0 Å². The van der Waals surface area contributed by atoms with Crippen molar-refractivity contribution in [2.75, 3.05) is 33.2 Å². The lowest BCUT2D eigenvalue weighted by atomic mass is 10.2. The quantitative estimate of drug-likeness (QED) is 0.505. The maximum Gasteiger partial charge on any atom is 0.276 e. The van der Waals surface area contributed by atoms with Crippen molar-refractivity contribution >= 4 is 28.1 Å². The Labute approximate surface area is 171 Å². The molecule has 0 aliphatic heterocycles. The zero-order chi connectivity index (χ0) is 20.5. The monoisotopic (exact) mass is 408 g/mol. The lowest BCUT2D eigenvalue weighted by molar-refractivity contribution is 0.355. The molecular weight excluding hydrogens is 388 g/mol. The zero-order valence-corrected chi connectivity index (χ0v) is 17.4. The van der Waals surface area contributed by atoms with Crippen LogP contribution in [0, 0.1) is 0 Å². The minimum absolute atomic E-state index is 0.142. The van der Waals surface area contributed by atoms with E-state index in [4.69, 9.17) is 9.47 Å². The summed E-state index contributed by atoms with van der Waals surface area (Å²) < 4.78 is 12.8. The largest absolute Gasteiger partial charge is 0.493 e. The molecule has 0 radical (unpaired) electrons. The third-order valence-electron chi connectivity index (χ3n) is 4.60. The normalized spacial score (nSPS) is 11.8. The lowest BCUT2D eigenvalue weighted by Crippen LogP contribution is -2.23. The minimum atomic E-state index is -0.142. The molecule has 0 atom stereocenters. The first-order chi connectivity index (χ1) is 14.0. The fraction of sp³-hybridized carbons (Fsp3) is 0.190. The van der Waals surface area contributed by atoms with Crippen molar-refractivity contribution in [3.05, 3.63) is 62.9 Å². The van der Waals surface area contributed by atoms with Gasteiger partial charge in [-0.2, -0.15) is 0 Å². The van der Waals surface area contributed by atoms with Crippen molar-refractivity contribution in [1.29, 1.82) is 0 Å². The smallest absolute Gasteiger partial charge is 0.276 e. The van der Waals surface area contributed by atoms with Crippen LogP contribution < -0.4 is 24.5 Å². The molecule has 0 N–H and O–H groups in total. The molecule has 148 valence electrons. The summed E-state index contributed by atoms with van der Waals surface area (Å²) in [4.78, 5) is 15.6. The van der Waals surface area contributed by atoms with Crippen LogP contribution in [0.5, 0.6) is 11.5 Å². The summed E-state index contributed by atoms with van der Waals surface area (Å²) in [7, 11) is 7.13. The van der Waals surface area contributed by atoms with Gasteiger partial charge < -0.3 is 14.4 Å². The van der Waals surface area contributed by atoms with E-state index in [1.807, 2.05) is 55.4 Å². The van der Waals surface area contributed by atoms with E-state index >= 15 is 0 Å². The topological polar surface area (TPSA) is 69.0 Å². The van der Waals surface area contributed by atoms with Crippen molar-refractivity contribution in [2.24, 2.45) is 0 Å². The molecule has 0 unspecified atom stereocenters. The van der Waals surface area contributed by atoms with E-state index in [0.717, 1.165) is 16.8 Å². The summed E-state index contributed by atoms with van der Waals surface area (Å²) in [6.45, 7) is 0. The average Bonchev–Trinajstić information content (AvgIpc) is 3.28. The van der Waals surface area contributed by atoms with Gasteiger partial charge in [-0.25, -0.2) is 4.40 Å². The van der Waals surface area contributed by atoms with E-state index in [-0.39, 0.29) is 5.56 Å². The maximum absolute atomic E-state index is 13.0. The van der Waals surface area contributed by atoms with Crippen LogP contribution in [-0.4, -0.2) is 42.9 Å². The van der Waals surface area contributed by atoms with Gasteiger partial charge in [0.2, 0.25) is 4.96 Å². The standard InChI is InChI=1S/C21H20N4O3S/c1-24(2)15-8-5-13(6-9-15)11-18-20(26)25-19(22-23-21(25)29-18)14-7-10-16(27-3)17(12-14)28-4/h5-12H,1-4H3/b18-11+. The molecular formula is C21H20N4O3S. The number of fused-ring (bicyclic) bond motifs is 1. The lowest BCUT2D eigenvalue weighted by Gasteiger charge is -2.11. The Bertz CT molecular complexity index is 1280. The molecule has 0 aliphatic rings. The summed E-state index contributed by atoms with van der Waals surface area (Å²) in [6.07, 6.45) is 1.87. The molecule has 0 aliphatic carbocycles. The molecule has 0 saturated carbocycles. The number of nitrogens with zero attached hydrogens (tertiary/aromatic N) is 4. The minimum Gasteiger partial charge on any atom is -0.493 e. The predicted molar refractivity (Wildman–Crippen MR) is 115 cm³/mol. The van der Waals surface area contributed by atoms with Gasteiger partial charge in [-0.1, -0.05) is 23.5 Å². The van der Waals surface area contributed by atoms with Crippen molar-refractivity contribution in [3.63, 3.8) is 0 Å². The molecule has 7 nitrogen and oxygen atoms in total. The number of aromatic nitrogens is 3. The molecule has 29 heavy (non-hydrogen) atoms. The van der Waals surface area contributed by atoms with Crippen LogP contribution in [0.1, 0.15) is 5.56 Å². The molecule has 4 rings (SSSR count). The van der Waals surface area contributed by atoms with E-state index in [2.05, 4.69) is 10.2 Å². The van der Waals surface area contributed by atoms with Crippen LogP contribution in [0.25, 0.3) is 22.4 Å². The Morgan fingerprint density at radius 2 is 1.72 bits per heavy atom. The van der Waals surface area contributed by atoms with Crippen LogP contribution >= 0.6 is 11.3 Å². The summed E-state index contributed by atoms with van der Waals surface area (Å²) in [5.41, 5.74) is 2.65. The number of benzene rings is 2. The van der Waals surface area contributed by atoms with Crippen LogP contribution in [-0.2, 0) is 0 Å². The molecule has 2 aromatic heterocycles. The molecule has 0 saturated heterocycles. The van der Waals surface area contributed by atoms with E-state index in [1.165, 1.54) is 15.7 Å². The summed E-state index contributed by atoms with van der Waals surface area (Å²) in [5, 5.41) is 8.39. The Kier molecular flexibility index (Phi) is 4.94. The number of ether oxygens (including phenoxy) is 2. The van der Waals surface area contributed by atoms with Crippen molar-refractivity contribution in [2.45, 2.75) is 0 Å². The average molecular weight is 408 g/mol. The van der Waals surface area contributed by atoms with Gasteiger partial charge >= 0.3 is 0 Å². The van der Waals surface area contributed by atoms with E-state index < -0.39 is 0 Å². The van der Waals surface area contributed by atoms with E-state index in [9.17, 15) is 4.79 Å². The number of anilines is 1. The Morgan fingerprint density at radius 1 is 1.00 bits per heavy atom. The van der Waals surface area contributed by atoms with Gasteiger partial charge in [0.15, 0.2) is 17.3 Å². The molecule has 2 heterocycles. The molecule has 8 heteroatoms. The predicted octanol–water partition coefficient (Wildman–Crippen LogP) is 2.45. The summed E-state index contributed by atoms with van der Waals surface area (Å²) in [5.74, 6) is 1.65. The van der Waals surface area contributed by atoms with Crippen molar-refractivity contribution in [3.8, 4) is 22.9 Å². The summed E-state index contributed by atoms with van der Waals surface area (Å²) in [6, 6.07) is 13.4. The second-order valence-corrected chi connectivity index (χ2v) is 7.62. The van der Waals surface area contributed by atoms with Gasteiger partial charge in [0.25, 0.3) is 5.56 Å². The first-order valence-corrected chi connectivity index (χ1v) is 9.73. The number of hydrogen-bond donors (Lipinski definition) is 0. The Hall–Kier alpha value is -3.39. The fourth-order valence-corrected chi connectivity index (χ4v) is 3.96. The molecule has 0 amide bonds. The highest BCUT2D eigenvalue weighted by atomic mass is 32.1. The van der Waals surface area contributed by atoms with Crippen LogP contribution in [0.4, 0.5) is 5.69 Å². The van der Waals surface area contributed by atoms with Gasteiger partial charge in [-0.15, -0.1) is 10.2 Å². The third-order valence-corrected chi connectivity index (χ3v) is 5.56. The number of thiazole rings is 1. The first-order valence-electron chi connectivity index (χ1n) is 8.91. The molecule has 2 aromatic carbocycles.